The number of hydrogen-bond acceptors (Lipinski definition) is 4. The summed E-state index contributed by atoms with van der Waals surface area (Å²) in [6, 6.07) is 0.758. The molecule has 126 valence electrons. The van der Waals surface area contributed by atoms with E-state index < -0.39 is 41.4 Å². The van der Waals surface area contributed by atoms with Crippen LogP contribution in [0.1, 0.15) is 30.6 Å². The van der Waals surface area contributed by atoms with Crippen molar-refractivity contribution < 1.29 is 33.0 Å². The summed E-state index contributed by atoms with van der Waals surface area (Å²) in [5.41, 5.74) is -0.350. The fraction of sp³-hybridized carbons (Fsp3) is 0.400. The third-order valence-electron chi connectivity index (χ3n) is 3.04. The van der Waals surface area contributed by atoms with Crippen molar-refractivity contribution in [1.82, 2.24) is 5.32 Å². The zero-order chi connectivity index (χ0) is 17.6. The van der Waals surface area contributed by atoms with Crippen LogP contribution in [0.2, 0.25) is 0 Å². The molecule has 1 aromatic rings. The van der Waals surface area contributed by atoms with Crippen LogP contribution in [0, 0.1) is 17.6 Å². The van der Waals surface area contributed by atoms with Crippen LogP contribution in [-0.2, 0) is 14.3 Å². The van der Waals surface area contributed by atoms with E-state index in [4.69, 9.17) is 4.74 Å². The van der Waals surface area contributed by atoms with Crippen LogP contribution >= 0.6 is 0 Å². The number of carboxylic acid groups (broad SMARTS) is 1. The predicted octanol–water partition coefficient (Wildman–Crippen LogP) is 1.74. The van der Waals surface area contributed by atoms with Gasteiger partial charge in [-0.1, -0.05) is 6.92 Å². The standard InChI is InChI=1S/C15H17F2NO5/c1-3-23-12(19)4-8(2)13(15(21)22)18-14(20)9-5-10(16)7-11(17)6-9/h5-8,13H,3-4H2,1-2H3,(H,18,20)(H,21,22)/t8-,13-/m1/s1. The van der Waals surface area contributed by atoms with E-state index >= 15 is 0 Å². The monoisotopic (exact) mass is 329 g/mol. The van der Waals surface area contributed by atoms with Crippen LogP contribution in [0.3, 0.4) is 0 Å². The second-order valence-corrected chi connectivity index (χ2v) is 4.93. The van der Waals surface area contributed by atoms with Crippen LogP contribution in [0.25, 0.3) is 0 Å². The van der Waals surface area contributed by atoms with Gasteiger partial charge in [0, 0.05) is 11.6 Å². The van der Waals surface area contributed by atoms with Crippen LogP contribution in [0.4, 0.5) is 8.78 Å². The summed E-state index contributed by atoms with van der Waals surface area (Å²) in [7, 11) is 0. The lowest BCUT2D eigenvalue weighted by Crippen LogP contribution is -2.45. The van der Waals surface area contributed by atoms with Crippen molar-refractivity contribution in [3.8, 4) is 0 Å². The Labute approximate surface area is 131 Å². The maximum Gasteiger partial charge on any atom is 0.326 e. The van der Waals surface area contributed by atoms with Gasteiger partial charge in [0.1, 0.15) is 17.7 Å². The Morgan fingerprint density at radius 2 is 1.78 bits per heavy atom. The van der Waals surface area contributed by atoms with Crippen molar-refractivity contribution in [3.05, 3.63) is 35.4 Å². The first-order valence-corrected chi connectivity index (χ1v) is 6.90. The number of benzene rings is 1. The van der Waals surface area contributed by atoms with Gasteiger partial charge in [-0.05, 0) is 25.0 Å². The predicted molar refractivity (Wildman–Crippen MR) is 75.7 cm³/mol. The second-order valence-electron chi connectivity index (χ2n) is 4.93. The first kappa shape index (κ1) is 18.5. The second kappa shape index (κ2) is 8.21. The third kappa shape index (κ3) is 5.65. The minimum atomic E-state index is -1.40. The SMILES string of the molecule is CCOC(=O)C[C@@H](C)[C@@H](NC(=O)c1cc(F)cc(F)c1)C(=O)O. The topological polar surface area (TPSA) is 92.7 Å². The summed E-state index contributed by atoms with van der Waals surface area (Å²) in [4.78, 5) is 34.6. The van der Waals surface area contributed by atoms with E-state index in [1.165, 1.54) is 6.92 Å². The van der Waals surface area contributed by atoms with Crippen LogP contribution < -0.4 is 5.32 Å². The molecule has 1 amide bonds. The Balaban J connectivity index is 2.84. The molecular formula is C15H17F2NO5. The number of carboxylic acids is 1. The van der Waals surface area contributed by atoms with E-state index in [1.54, 1.807) is 6.92 Å². The molecular weight excluding hydrogens is 312 g/mol. The lowest BCUT2D eigenvalue weighted by atomic mass is 9.98. The molecule has 0 radical (unpaired) electrons. The molecule has 0 spiro atoms. The average molecular weight is 329 g/mol. The van der Waals surface area contributed by atoms with E-state index in [9.17, 15) is 28.3 Å². The van der Waals surface area contributed by atoms with E-state index in [0.717, 1.165) is 12.1 Å². The van der Waals surface area contributed by atoms with Gasteiger partial charge in [-0.15, -0.1) is 0 Å². The molecule has 0 aromatic heterocycles. The van der Waals surface area contributed by atoms with Crippen molar-refractivity contribution in [3.63, 3.8) is 0 Å². The Morgan fingerprint density at radius 1 is 1.22 bits per heavy atom. The summed E-state index contributed by atoms with van der Waals surface area (Å²) in [6.07, 6.45) is -0.220. The molecule has 0 heterocycles. The minimum Gasteiger partial charge on any atom is -0.480 e. The number of ether oxygens (including phenoxy) is 1. The normalized spacial score (nSPS) is 13.0. The fourth-order valence-corrected chi connectivity index (χ4v) is 1.96. The van der Waals surface area contributed by atoms with Gasteiger partial charge >= 0.3 is 11.9 Å². The summed E-state index contributed by atoms with van der Waals surface area (Å²) in [6.45, 7) is 3.21. The number of carbonyl (C=O) groups excluding carboxylic acids is 2. The molecule has 0 aliphatic carbocycles. The number of amides is 1. The molecule has 6 nitrogen and oxygen atoms in total. The van der Waals surface area contributed by atoms with Gasteiger partial charge in [-0.25, -0.2) is 13.6 Å². The first-order chi connectivity index (χ1) is 10.7. The van der Waals surface area contributed by atoms with Crippen molar-refractivity contribution in [1.29, 1.82) is 0 Å². The summed E-state index contributed by atoms with van der Waals surface area (Å²) in [5, 5.41) is 11.3. The molecule has 1 aromatic carbocycles. The van der Waals surface area contributed by atoms with E-state index in [-0.39, 0.29) is 18.6 Å². The van der Waals surface area contributed by atoms with Gasteiger partial charge in [0.05, 0.1) is 13.0 Å². The van der Waals surface area contributed by atoms with Gasteiger partial charge in [0.2, 0.25) is 0 Å². The van der Waals surface area contributed by atoms with Crippen molar-refractivity contribution >= 4 is 17.8 Å². The molecule has 0 aliphatic heterocycles. The fourth-order valence-electron chi connectivity index (χ4n) is 1.96. The maximum atomic E-state index is 13.1. The number of nitrogens with one attached hydrogen (secondary N) is 1. The number of hydrogen-bond donors (Lipinski definition) is 2. The Hall–Kier alpha value is -2.51. The van der Waals surface area contributed by atoms with E-state index in [2.05, 4.69) is 5.32 Å². The number of esters is 1. The highest BCUT2D eigenvalue weighted by atomic mass is 19.1. The molecule has 2 atom stereocenters. The number of halogens is 2. The molecule has 0 unspecified atom stereocenters. The highest BCUT2D eigenvalue weighted by Gasteiger charge is 2.29. The number of aliphatic carboxylic acids is 1. The molecule has 1 rings (SSSR count). The molecule has 8 heteroatoms. The molecule has 2 N–H and O–H groups in total. The molecule has 0 saturated carbocycles. The number of rotatable bonds is 7. The smallest absolute Gasteiger partial charge is 0.326 e. The van der Waals surface area contributed by atoms with Crippen LogP contribution in [0.15, 0.2) is 18.2 Å². The summed E-state index contributed by atoms with van der Waals surface area (Å²) >= 11 is 0. The molecule has 0 fully saturated rings. The zero-order valence-electron chi connectivity index (χ0n) is 12.6. The average Bonchev–Trinajstić information content (AvgIpc) is 2.42. The third-order valence-corrected chi connectivity index (χ3v) is 3.04. The summed E-state index contributed by atoms with van der Waals surface area (Å²) in [5.74, 6) is -5.60. The van der Waals surface area contributed by atoms with Crippen molar-refractivity contribution in [2.24, 2.45) is 5.92 Å². The highest BCUT2D eigenvalue weighted by Crippen LogP contribution is 2.13. The van der Waals surface area contributed by atoms with E-state index in [1.807, 2.05) is 0 Å². The highest BCUT2D eigenvalue weighted by molar-refractivity contribution is 5.96. The lowest BCUT2D eigenvalue weighted by molar-refractivity contribution is -0.145. The van der Waals surface area contributed by atoms with Gasteiger partial charge in [0.25, 0.3) is 5.91 Å². The quantitative estimate of drug-likeness (QED) is 0.743. The molecule has 0 aliphatic rings. The zero-order valence-corrected chi connectivity index (χ0v) is 12.6. The largest absolute Gasteiger partial charge is 0.480 e. The molecule has 23 heavy (non-hydrogen) atoms. The molecule has 0 bridgehead atoms. The van der Waals surface area contributed by atoms with Gasteiger partial charge in [0.15, 0.2) is 0 Å². The van der Waals surface area contributed by atoms with Gasteiger partial charge < -0.3 is 15.2 Å². The summed E-state index contributed by atoms with van der Waals surface area (Å²) < 4.78 is 30.9. The van der Waals surface area contributed by atoms with Gasteiger partial charge in [-0.2, -0.15) is 0 Å². The lowest BCUT2D eigenvalue weighted by Gasteiger charge is -2.20. The van der Waals surface area contributed by atoms with E-state index in [0.29, 0.717) is 6.07 Å². The Morgan fingerprint density at radius 3 is 2.26 bits per heavy atom. The maximum absolute atomic E-state index is 13.1. The van der Waals surface area contributed by atoms with Crippen molar-refractivity contribution in [2.75, 3.05) is 6.61 Å². The Kier molecular flexibility index (Phi) is 6.62. The van der Waals surface area contributed by atoms with Crippen LogP contribution in [0.5, 0.6) is 0 Å². The number of carbonyl (C=O) groups is 3. The van der Waals surface area contributed by atoms with Gasteiger partial charge in [-0.3, -0.25) is 9.59 Å². The van der Waals surface area contributed by atoms with Crippen molar-refractivity contribution in [2.45, 2.75) is 26.3 Å². The first-order valence-electron chi connectivity index (χ1n) is 6.90. The minimum absolute atomic E-state index is 0.151. The van der Waals surface area contributed by atoms with Crippen LogP contribution in [-0.4, -0.2) is 35.6 Å². The molecule has 0 saturated heterocycles. The Bertz CT molecular complexity index is 585.